The Bertz CT molecular complexity index is 356. The predicted octanol–water partition coefficient (Wildman–Crippen LogP) is 2.14. The molecule has 0 unspecified atom stereocenters. The smallest absolute Gasteiger partial charge is 0.143 e. The van der Waals surface area contributed by atoms with Crippen LogP contribution in [0.15, 0.2) is 12.1 Å². The molecule has 1 nitrogen and oxygen atoms in total. The Hall–Kier alpha value is -1.27. The van der Waals surface area contributed by atoms with Crippen molar-refractivity contribution in [3.05, 3.63) is 29.3 Å². The van der Waals surface area contributed by atoms with Crippen LogP contribution in [-0.2, 0) is 0 Å². The van der Waals surface area contributed by atoms with Gasteiger partial charge in [-0.05, 0) is 12.1 Å². The minimum Gasteiger partial charge on any atom is -0.399 e. The second kappa shape index (κ2) is 4.11. The van der Waals surface area contributed by atoms with Crippen LogP contribution in [-0.4, -0.2) is 5.88 Å². The number of halogens is 3. The summed E-state index contributed by atoms with van der Waals surface area (Å²) in [4.78, 5) is 0. The van der Waals surface area contributed by atoms with Crippen molar-refractivity contribution >= 4 is 17.3 Å². The zero-order chi connectivity index (χ0) is 9.84. The minimum atomic E-state index is -0.768. The van der Waals surface area contributed by atoms with E-state index in [1.54, 1.807) is 0 Å². The first-order chi connectivity index (χ1) is 6.15. The quantitative estimate of drug-likeness (QED) is 0.389. The Morgan fingerprint density at radius 2 is 1.85 bits per heavy atom. The number of rotatable bonds is 0. The number of nitrogens with two attached hydrogens (primary N) is 1. The van der Waals surface area contributed by atoms with Crippen molar-refractivity contribution in [2.75, 3.05) is 11.6 Å². The highest BCUT2D eigenvalue weighted by atomic mass is 35.5. The number of alkyl halides is 1. The van der Waals surface area contributed by atoms with Gasteiger partial charge in [-0.25, -0.2) is 8.78 Å². The summed E-state index contributed by atoms with van der Waals surface area (Å²) >= 11 is 5.24. The highest BCUT2D eigenvalue weighted by molar-refractivity contribution is 6.19. The molecule has 0 aromatic heterocycles. The number of anilines is 1. The molecule has 1 aromatic rings. The molecule has 0 radical (unpaired) electrons. The second-order valence-corrected chi connectivity index (χ2v) is 2.56. The lowest BCUT2D eigenvalue weighted by Crippen LogP contribution is -1.94. The molecular weight excluding hydrogens is 196 g/mol. The van der Waals surface area contributed by atoms with E-state index in [0.29, 0.717) is 0 Å². The van der Waals surface area contributed by atoms with Crippen LogP contribution in [0.5, 0.6) is 0 Å². The number of nitrogen functional groups attached to an aromatic ring is 1. The van der Waals surface area contributed by atoms with Gasteiger partial charge in [0.2, 0.25) is 0 Å². The van der Waals surface area contributed by atoms with Crippen molar-refractivity contribution in [2.45, 2.75) is 0 Å². The molecule has 0 amide bonds. The minimum absolute atomic E-state index is 0.0310. The summed E-state index contributed by atoms with van der Waals surface area (Å²) in [6.45, 7) is 0. The maximum absolute atomic E-state index is 13.0. The fourth-order valence-electron chi connectivity index (χ4n) is 0.834. The molecule has 1 aromatic carbocycles. The summed E-state index contributed by atoms with van der Waals surface area (Å²) in [6, 6.07) is 2.03. The van der Waals surface area contributed by atoms with E-state index in [2.05, 4.69) is 11.8 Å². The molecule has 0 aliphatic heterocycles. The van der Waals surface area contributed by atoms with Gasteiger partial charge >= 0.3 is 0 Å². The summed E-state index contributed by atoms with van der Waals surface area (Å²) in [5.74, 6) is 3.13. The lowest BCUT2D eigenvalue weighted by Gasteiger charge is -1.98. The monoisotopic (exact) mass is 201 g/mol. The van der Waals surface area contributed by atoms with Crippen LogP contribution in [0.25, 0.3) is 0 Å². The third kappa shape index (κ3) is 2.33. The molecule has 13 heavy (non-hydrogen) atoms. The molecule has 4 heteroatoms. The zero-order valence-corrected chi connectivity index (χ0v) is 7.33. The number of hydrogen-bond acceptors (Lipinski definition) is 1. The van der Waals surface area contributed by atoms with E-state index in [4.69, 9.17) is 17.3 Å². The summed E-state index contributed by atoms with van der Waals surface area (Å²) in [5.41, 5.74) is 4.94. The molecule has 0 spiro atoms. The third-order valence-electron chi connectivity index (χ3n) is 1.34. The molecule has 0 aliphatic rings. The molecule has 0 bridgehead atoms. The van der Waals surface area contributed by atoms with Gasteiger partial charge in [0.1, 0.15) is 11.6 Å². The predicted molar refractivity (Wildman–Crippen MR) is 48.4 cm³/mol. The Morgan fingerprint density at radius 1 is 1.31 bits per heavy atom. The fourth-order valence-corrected chi connectivity index (χ4v) is 0.901. The van der Waals surface area contributed by atoms with Crippen molar-refractivity contribution in [3.63, 3.8) is 0 Å². The van der Waals surface area contributed by atoms with Gasteiger partial charge in [-0.15, -0.1) is 11.6 Å². The highest BCUT2D eigenvalue weighted by Crippen LogP contribution is 2.15. The molecule has 68 valence electrons. The van der Waals surface area contributed by atoms with Gasteiger partial charge in [0.25, 0.3) is 0 Å². The average Bonchev–Trinajstić information content (AvgIpc) is 2.02. The van der Waals surface area contributed by atoms with Crippen LogP contribution in [0.3, 0.4) is 0 Å². The van der Waals surface area contributed by atoms with Crippen molar-refractivity contribution in [2.24, 2.45) is 0 Å². The largest absolute Gasteiger partial charge is 0.399 e. The van der Waals surface area contributed by atoms with Gasteiger partial charge in [0.05, 0.1) is 11.4 Å². The van der Waals surface area contributed by atoms with Gasteiger partial charge < -0.3 is 5.73 Å². The van der Waals surface area contributed by atoms with Crippen molar-refractivity contribution in [3.8, 4) is 11.8 Å². The van der Waals surface area contributed by atoms with E-state index in [1.807, 2.05) is 0 Å². The molecule has 1 rings (SSSR count). The van der Waals surface area contributed by atoms with Crippen LogP contribution >= 0.6 is 11.6 Å². The third-order valence-corrected chi connectivity index (χ3v) is 1.48. The Kier molecular flexibility index (Phi) is 3.10. The molecule has 2 N–H and O–H groups in total. The van der Waals surface area contributed by atoms with Gasteiger partial charge in [-0.1, -0.05) is 11.8 Å². The van der Waals surface area contributed by atoms with Crippen LogP contribution in [0.2, 0.25) is 0 Å². The maximum atomic E-state index is 13.0. The molecule has 0 atom stereocenters. The van der Waals surface area contributed by atoms with Gasteiger partial charge in [0.15, 0.2) is 0 Å². The summed E-state index contributed by atoms with van der Waals surface area (Å²) in [7, 11) is 0. The van der Waals surface area contributed by atoms with Crippen molar-refractivity contribution in [1.29, 1.82) is 0 Å². The second-order valence-electron chi connectivity index (χ2n) is 2.29. The number of benzene rings is 1. The van der Waals surface area contributed by atoms with E-state index in [-0.39, 0.29) is 17.1 Å². The first-order valence-corrected chi connectivity index (χ1v) is 3.98. The highest BCUT2D eigenvalue weighted by Gasteiger charge is 2.06. The van der Waals surface area contributed by atoms with Gasteiger partial charge in [-0.2, -0.15) is 0 Å². The van der Waals surface area contributed by atoms with Crippen LogP contribution < -0.4 is 5.73 Å². The lowest BCUT2D eigenvalue weighted by molar-refractivity contribution is 0.578. The molecule has 0 saturated carbocycles. The van der Waals surface area contributed by atoms with Crippen molar-refractivity contribution < 1.29 is 8.78 Å². The Labute approximate surface area is 79.5 Å². The average molecular weight is 202 g/mol. The van der Waals surface area contributed by atoms with Crippen LogP contribution in [0.4, 0.5) is 14.5 Å². The van der Waals surface area contributed by atoms with E-state index >= 15 is 0 Å². The van der Waals surface area contributed by atoms with Crippen LogP contribution in [0, 0.1) is 23.5 Å². The molecule has 0 fully saturated rings. The first-order valence-electron chi connectivity index (χ1n) is 3.44. The topological polar surface area (TPSA) is 26.0 Å². The standard InChI is InChI=1S/C9H6ClF2N/c10-3-1-2-7-8(11)4-6(13)5-9(7)12/h4-5H,3,13H2. The fraction of sp³-hybridized carbons (Fsp3) is 0.111. The summed E-state index contributed by atoms with van der Waals surface area (Å²) in [6.07, 6.45) is 0. The van der Waals surface area contributed by atoms with Gasteiger partial charge in [0, 0.05) is 5.69 Å². The SMILES string of the molecule is Nc1cc(F)c(C#CCCl)c(F)c1. The number of hydrogen-bond donors (Lipinski definition) is 1. The Morgan fingerprint density at radius 3 is 2.31 bits per heavy atom. The van der Waals surface area contributed by atoms with Gasteiger partial charge in [-0.3, -0.25) is 0 Å². The maximum Gasteiger partial charge on any atom is 0.143 e. The molecule has 0 saturated heterocycles. The van der Waals surface area contributed by atoms with E-state index in [9.17, 15) is 8.78 Å². The van der Waals surface area contributed by atoms with E-state index < -0.39 is 11.6 Å². The lowest BCUT2D eigenvalue weighted by atomic mass is 10.2. The zero-order valence-electron chi connectivity index (χ0n) is 6.57. The first kappa shape index (κ1) is 9.82. The Balaban J connectivity index is 3.21. The van der Waals surface area contributed by atoms with Crippen molar-refractivity contribution in [1.82, 2.24) is 0 Å². The van der Waals surface area contributed by atoms with E-state index in [0.717, 1.165) is 12.1 Å². The normalized spacial score (nSPS) is 9.15. The molecule has 0 aliphatic carbocycles. The molecule has 0 heterocycles. The summed E-state index contributed by atoms with van der Waals surface area (Å²) < 4.78 is 25.9. The van der Waals surface area contributed by atoms with Crippen LogP contribution in [0.1, 0.15) is 5.56 Å². The summed E-state index contributed by atoms with van der Waals surface area (Å²) in [5, 5.41) is 0. The van der Waals surface area contributed by atoms with E-state index in [1.165, 1.54) is 0 Å². The molecular formula is C9H6ClF2N.